The predicted octanol–water partition coefficient (Wildman–Crippen LogP) is 2.44. The number of hydrogen-bond donors (Lipinski definition) is 1. The first-order valence-corrected chi connectivity index (χ1v) is 5.27. The van der Waals surface area contributed by atoms with E-state index in [0.29, 0.717) is 6.42 Å². The highest BCUT2D eigenvalue weighted by Crippen LogP contribution is 2.29. The molecule has 1 aliphatic heterocycles. The van der Waals surface area contributed by atoms with Crippen molar-refractivity contribution in [2.24, 2.45) is 5.41 Å². The Hall–Kier alpha value is -0.570. The van der Waals surface area contributed by atoms with Gasteiger partial charge in [0, 0.05) is 0 Å². The number of carbonyl (C=O) groups is 1. The molecule has 2 atom stereocenters. The summed E-state index contributed by atoms with van der Waals surface area (Å²) in [6.45, 7) is 6.46. The molecule has 0 aromatic heterocycles. The third kappa shape index (κ3) is 3.66. The summed E-state index contributed by atoms with van der Waals surface area (Å²) in [5.41, 5.74) is 0.213. The van der Waals surface area contributed by atoms with Crippen LogP contribution in [0.15, 0.2) is 0 Å². The summed E-state index contributed by atoms with van der Waals surface area (Å²) < 4.78 is 5.52. The van der Waals surface area contributed by atoms with Gasteiger partial charge in [0.25, 0.3) is 0 Å². The van der Waals surface area contributed by atoms with E-state index in [1.165, 1.54) is 0 Å². The fourth-order valence-electron chi connectivity index (χ4n) is 1.91. The van der Waals surface area contributed by atoms with Crippen LogP contribution in [0, 0.1) is 5.41 Å². The molecule has 3 heteroatoms. The lowest BCUT2D eigenvalue weighted by Gasteiger charge is -2.32. The van der Waals surface area contributed by atoms with Crippen molar-refractivity contribution >= 4 is 5.97 Å². The van der Waals surface area contributed by atoms with Crippen LogP contribution in [0.1, 0.15) is 46.5 Å². The third-order valence-electron chi connectivity index (χ3n) is 2.46. The Morgan fingerprint density at radius 3 is 2.57 bits per heavy atom. The van der Waals surface area contributed by atoms with Crippen LogP contribution in [0.4, 0.5) is 0 Å². The Bertz CT molecular complexity index is 205. The van der Waals surface area contributed by atoms with Crippen molar-refractivity contribution in [2.45, 2.75) is 58.7 Å². The second kappa shape index (κ2) is 4.30. The van der Waals surface area contributed by atoms with E-state index in [9.17, 15) is 4.79 Å². The molecule has 1 fully saturated rings. The summed E-state index contributed by atoms with van der Waals surface area (Å²) >= 11 is 0. The van der Waals surface area contributed by atoms with Crippen molar-refractivity contribution in [3.05, 3.63) is 0 Å². The third-order valence-corrected chi connectivity index (χ3v) is 2.46. The normalized spacial score (nSPS) is 28.8. The summed E-state index contributed by atoms with van der Waals surface area (Å²) in [4.78, 5) is 10.7. The minimum atomic E-state index is -0.816. The van der Waals surface area contributed by atoms with Gasteiger partial charge in [0.15, 0.2) is 6.10 Å². The van der Waals surface area contributed by atoms with Crippen LogP contribution in [-0.2, 0) is 9.53 Å². The van der Waals surface area contributed by atoms with Gasteiger partial charge in [0.05, 0.1) is 6.10 Å². The first kappa shape index (κ1) is 11.5. The Morgan fingerprint density at radius 1 is 1.43 bits per heavy atom. The highest BCUT2D eigenvalue weighted by atomic mass is 16.5. The second-order valence-electron chi connectivity index (χ2n) is 5.28. The molecule has 0 amide bonds. The molecule has 0 saturated carbocycles. The van der Waals surface area contributed by atoms with Crippen molar-refractivity contribution in [1.29, 1.82) is 0 Å². The van der Waals surface area contributed by atoms with Gasteiger partial charge in [-0.3, -0.25) is 0 Å². The highest BCUT2D eigenvalue weighted by molar-refractivity contribution is 5.72. The zero-order valence-corrected chi connectivity index (χ0v) is 9.25. The van der Waals surface area contributed by atoms with Gasteiger partial charge in [-0.1, -0.05) is 20.8 Å². The molecule has 1 rings (SSSR count). The van der Waals surface area contributed by atoms with Gasteiger partial charge in [0.2, 0.25) is 0 Å². The van der Waals surface area contributed by atoms with Crippen LogP contribution in [0.5, 0.6) is 0 Å². The zero-order chi connectivity index (χ0) is 10.8. The lowest BCUT2D eigenvalue weighted by atomic mass is 9.86. The van der Waals surface area contributed by atoms with E-state index < -0.39 is 12.1 Å². The van der Waals surface area contributed by atoms with Gasteiger partial charge in [-0.2, -0.15) is 0 Å². The number of carboxylic acids is 1. The number of hydrogen-bond acceptors (Lipinski definition) is 2. The van der Waals surface area contributed by atoms with Gasteiger partial charge in [-0.25, -0.2) is 4.79 Å². The molecule has 1 heterocycles. The standard InChI is InChI=1S/C11H20O3/c1-11(2,3)7-8-5-4-6-9(14-8)10(12)13/h8-9H,4-7H2,1-3H3,(H,12,13). The van der Waals surface area contributed by atoms with Gasteiger partial charge in [-0.15, -0.1) is 0 Å². The van der Waals surface area contributed by atoms with Crippen molar-refractivity contribution in [3.8, 4) is 0 Å². The number of carboxylic acid groups (broad SMARTS) is 1. The van der Waals surface area contributed by atoms with E-state index in [1.54, 1.807) is 0 Å². The molecular formula is C11H20O3. The molecule has 3 nitrogen and oxygen atoms in total. The van der Waals surface area contributed by atoms with Crippen LogP contribution in [-0.4, -0.2) is 23.3 Å². The van der Waals surface area contributed by atoms with Crippen LogP contribution < -0.4 is 0 Å². The average molecular weight is 200 g/mol. The maximum atomic E-state index is 10.7. The summed E-state index contributed by atoms with van der Waals surface area (Å²) in [6, 6.07) is 0. The first-order chi connectivity index (χ1) is 6.38. The predicted molar refractivity (Wildman–Crippen MR) is 54.2 cm³/mol. The molecule has 14 heavy (non-hydrogen) atoms. The molecule has 82 valence electrons. The van der Waals surface area contributed by atoms with Crippen LogP contribution >= 0.6 is 0 Å². The molecule has 0 aromatic rings. The smallest absolute Gasteiger partial charge is 0.332 e. The fourth-order valence-corrected chi connectivity index (χ4v) is 1.91. The maximum absolute atomic E-state index is 10.7. The minimum Gasteiger partial charge on any atom is -0.479 e. The van der Waals surface area contributed by atoms with Gasteiger partial charge >= 0.3 is 5.97 Å². The summed E-state index contributed by atoms with van der Waals surface area (Å²) in [6.07, 6.45) is 3.13. The molecule has 0 aliphatic carbocycles. The molecule has 0 bridgehead atoms. The van der Waals surface area contributed by atoms with Crippen molar-refractivity contribution in [2.75, 3.05) is 0 Å². The molecule has 1 aliphatic rings. The average Bonchev–Trinajstić information content (AvgIpc) is 2.01. The Balaban J connectivity index is 2.44. The van der Waals surface area contributed by atoms with E-state index >= 15 is 0 Å². The van der Waals surface area contributed by atoms with Crippen LogP contribution in [0.25, 0.3) is 0 Å². The second-order valence-corrected chi connectivity index (χ2v) is 5.28. The maximum Gasteiger partial charge on any atom is 0.332 e. The van der Waals surface area contributed by atoms with Crippen molar-refractivity contribution in [3.63, 3.8) is 0 Å². The van der Waals surface area contributed by atoms with E-state index in [-0.39, 0.29) is 11.5 Å². The lowest BCUT2D eigenvalue weighted by Crippen LogP contribution is -2.35. The molecule has 0 spiro atoms. The molecular weight excluding hydrogens is 180 g/mol. The molecule has 1 saturated heterocycles. The van der Waals surface area contributed by atoms with Gasteiger partial charge in [-0.05, 0) is 31.1 Å². The Kier molecular flexibility index (Phi) is 3.53. The molecule has 1 N–H and O–H groups in total. The monoisotopic (exact) mass is 200 g/mol. The van der Waals surface area contributed by atoms with Crippen LogP contribution in [0.2, 0.25) is 0 Å². The largest absolute Gasteiger partial charge is 0.479 e. The van der Waals surface area contributed by atoms with Crippen molar-refractivity contribution in [1.82, 2.24) is 0 Å². The number of rotatable bonds is 2. The molecule has 0 radical (unpaired) electrons. The zero-order valence-electron chi connectivity index (χ0n) is 9.25. The highest BCUT2D eigenvalue weighted by Gasteiger charge is 2.29. The van der Waals surface area contributed by atoms with E-state index in [2.05, 4.69) is 20.8 Å². The first-order valence-electron chi connectivity index (χ1n) is 5.27. The molecule has 0 aromatic carbocycles. The summed E-state index contributed by atoms with van der Waals surface area (Å²) in [7, 11) is 0. The van der Waals surface area contributed by atoms with Gasteiger partial charge in [0.1, 0.15) is 0 Å². The van der Waals surface area contributed by atoms with E-state index in [4.69, 9.17) is 9.84 Å². The van der Waals surface area contributed by atoms with E-state index in [0.717, 1.165) is 19.3 Å². The quantitative estimate of drug-likeness (QED) is 0.744. The fraction of sp³-hybridized carbons (Fsp3) is 0.909. The Morgan fingerprint density at radius 2 is 2.07 bits per heavy atom. The Labute approximate surface area is 85.5 Å². The van der Waals surface area contributed by atoms with Crippen LogP contribution in [0.3, 0.4) is 0 Å². The topological polar surface area (TPSA) is 46.5 Å². The summed E-state index contributed by atoms with van der Waals surface area (Å²) in [5, 5.41) is 8.83. The van der Waals surface area contributed by atoms with E-state index in [1.807, 2.05) is 0 Å². The van der Waals surface area contributed by atoms with Gasteiger partial charge < -0.3 is 9.84 Å². The molecule has 2 unspecified atom stereocenters. The summed E-state index contributed by atoms with van der Waals surface area (Å²) in [5.74, 6) is -0.816. The lowest BCUT2D eigenvalue weighted by molar-refractivity contribution is -0.160. The minimum absolute atomic E-state index is 0.129. The number of ether oxygens (including phenoxy) is 1. The SMILES string of the molecule is CC(C)(C)CC1CCCC(C(=O)O)O1. The van der Waals surface area contributed by atoms with Crippen molar-refractivity contribution < 1.29 is 14.6 Å². The number of aliphatic carboxylic acids is 1.